The first kappa shape index (κ1) is 20.8. The Bertz CT molecular complexity index is 1240. The van der Waals surface area contributed by atoms with Crippen LogP contribution in [-0.2, 0) is 9.59 Å². The summed E-state index contributed by atoms with van der Waals surface area (Å²) >= 11 is 6.26. The Kier molecular flexibility index (Phi) is 5.33. The van der Waals surface area contributed by atoms with E-state index >= 15 is 0 Å². The van der Waals surface area contributed by atoms with E-state index in [4.69, 9.17) is 11.6 Å². The van der Waals surface area contributed by atoms with Gasteiger partial charge in [-0.15, -0.1) is 0 Å². The van der Waals surface area contributed by atoms with Crippen molar-refractivity contribution in [2.75, 3.05) is 4.90 Å². The number of halogens is 2. The minimum atomic E-state index is -0.967. The highest BCUT2D eigenvalue weighted by molar-refractivity contribution is 6.51. The number of nitrogens with zero attached hydrogens (tertiary/aromatic N) is 2. The summed E-state index contributed by atoms with van der Waals surface area (Å²) in [4.78, 5) is 31.7. The number of ketones is 1. The number of anilines is 1. The van der Waals surface area contributed by atoms with Crippen molar-refractivity contribution in [1.29, 1.82) is 0 Å². The van der Waals surface area contributed by atoms with Crippen LogP contribution in [0.15, 0.2) is 66.4 Å². The maximum Gasteiger partial charge on any atom is 0.300 e. The van der Waals surface area contributed by atoms with E-state index in [0.717, 1.165) is 5.56 Å². The number of aromatic nitrogens is 1. The van der Waals surface area contributed by atoms with Gasteiger partial charge < -0.3 is 5.11 Å². The zero-order valence-corrected chi connectivity index (χ0v) is 17.5. The van der Waals surface area contributed by atoms with Gasteiger partial charge in [-0.25, -0.2) is 4.39 Å². The summed E-state index contributed by atoms with van der Waals surface area (Å²) in [5, 5.41) is 11.5. The number of Topliss-reactive ketones (excluding diaryl/α,β-unsaturated/α-hetero) is 1. The normalized spacial score (nSPS) is 17.9. The molecule has 3 aromatic rings. The van der Waals surface area contributed by atoms with Crippen LogP contribution < -0.4 is 4.90 Å². The molecule has 1 aliphatic heterocycles. The number of carbonyl (C=O) groups excluding carboxylic acids is 2. The lowest BCUT2D eigenvalue weighted by Crippen LogP contribution is -2.29. The molecule has 1 atom stereocenters. The summed E-state index contributed by atoms with van der Waals surface area (Å²) in [7, 11) is 0. The number of hydrogen-bond donors (Lipinski definition) is 1. The van der Waals surface area contributed by atoms with Gasteiger partial charge in [-0.1, -0.05) is 23.7 Å². The van der Waals surface area contributed by atoms with Crippen LogP contribution in [0.2, 0.25) is 5.02 Å². The summed E-state index contributed by atoms with van der Waals surface area (Å²) in [6.07, 6.45) is 1.54. The van der Waals surface area contributed by atoms with Crippen LogP contribution in [0.3, 0.4) is 0 Å². The SMILES string of the molecule is Cc1cc(/C(O)=C2\C(=O)C(=O)N(c3ccc(C)c(Cl)c3)C2c2ccccn2)ccc1F. The number of rotatable bonds is 3. The molecule has 0 spiro atoms. The molecule has 1 aromatic heterocycles. The van der Waals surface area contributed by atoms with Crippen LogP contribution in [0.25, 0.3) is 5.76 Å². The van der Waals surface area contributed by atoms with E-state index in [2.05, 4.69) is 4.98 Å². The summed E-state index contributed by atoms with van der Waals surface area (Å²) in [5.41, 5.74) is 2.05. The van der Waals surface area contributed by atoms with Crippen LogP contribution in [0.1, 0.15) is 28.4 Å². The molecule has 1 aliphatic rings. The highest BCUT2D eigenvalue weighted by atomic mass is 35.5. The van der Waals surface area contributed by atoms with Crippen LogP contribution in [-0.4, -0.2) is 21.8 Å². The minimum absolute atomic E-state index is 0.119. The van der Waals surface area contributed by atoms with E-state index in [-0.39, 0.29) is 11.1 Å². The number of aliphatic hydroxyl groups excluding tert-OH is 1. The molecule has 31 heavy (non-hydrogen) atoms. The molecule has 2 aromatic carbocycles. The second kappa shape index (κ2) is 7.96. The topological polar surface area (TPSA) is 70.5 Å². The number of amides is 1. The largest absolute Gasteiger partial charge is 0.507 e. The third-order valence-corrected chi connectivity index (χ3v) is 5.68. The van der Waals surface area contributed by atoms with Crippen LogP contribution >= 0.6 is 11.6 Å². The van der Waals surface area contributed by atoms with Crippen LogP contribution in [0.5, 0.6) is 0 Å². The molecule has 2 heterocycles. The van der Waals surface area contributed by atoms with Crippen molar-refractivity contribution in [3.05, 3.63) is 99.6 Å². The monoisotopic (exact) mass is 436 g/mol. The van der Waals surface area contributed by atoms with E-state index in [0.29, 0.717) is 22.0 Å². The average Bonchev–Trinajstić information content (AvgIpc) is 3.03. The van der Waals surface area contributed by atoms with Crippen molar-refractivity contribution in [2.45, 2.75) is 19.9 Å². The van der Waals surface area contributed by atoms with Gasteiger partial charge in [0.15, 0.2) is 0 Å². The fourth-order valence-electron chi connectivity index (χ4n) is 3.60. The summed E-state index contributed by atoms with van der Waals surface area (Å²) in [6, 6.07) is 13.2. The molecular formula is C24H18ClFN2O3. The predicted molar refractivity (Wildman–Crippen MR) is 116 cm³/mol. The number of aliphatic hydroxyl groups is 1. The second-order valence-electron chi connectivity index (χ2n) is 7.32. The Hall–Kier alpha value is -3.51. The molecule has 0 bridgehead atoms. The molecule has 1 saturated heterocycles. The summed E-state index contributed by atoms with van der Waals surface area (Å²) in [6.45, 7) is 3.38. The van der Waals surface area contributed by atoms with Gasteiger partial charge in [0.25, 0.3) is 11.7 Å². The first-order valence-electron chi connectivity index (χ1n) is 9.54. The Morgan fingerprint density at radius 3 is 2.48 bits per heavy atom. The van der Waals surface area contributed by atoms with Crippen molar-refractivity contribution in [2.24, 2.45) is 0 Å². The zero-order chi connectivity index (χ0) is 22.3. The van der Waals surface area contributed by atoms with Gasteiger partial charge in [0.2, 0.25) is 0 Å². The molecular weight excluding hydrogens is 419 g/mol. The van der Waals surface area contributed by atoms with Gasteiger partial charge >= 0.3 is 0 Å². The number of aryl methyl sites for hydroxylation is 2. The van der Waals surface area contributed by atoms with Crippen molar-refractivity contribution in [1.82, 2.24) is 4.98 Å². The Morgan fingerprint density at radius 2 is 1.84 bits per heavy atom. The van der Waals surface area contributed by atoms with Gasteiger partial charge in [-0.05, 0) is 67.4 Å². The van der Waals surface area contributed by atoms with E-state index in [9.17, 15) is 19.1 Å². The van der Waals surface area contributed by atoms with E-state index in [1.54, 1.807) is 49.5 Å². The lowest BCUT2D eigenvalue weighted by molar-refractivity contribution is -0.132. The third-order valence-electron chi connectivity index (χ3n) is 5.28. The lowest BCUT2D eigenvalue weighted by atomic mass is 9.97. The molecule has 4 rings (SSSR count). The highest BCUT2D eigenvalue weighted by Crippen LogP contribution is 2.42. The second-order valence-corrected chi connectivity index (χ2v) is 7.73. The Labute approximate surface area is 183 Å². The van der Waals surface area contributed by atoms with Gasteiger partial charge in [0.05, 0.1) is 11.3 Å². The number of pyridine rings is 1. The van der Waals surface area contributed by atoms with Gasteiger partial charge in [-0.2, -0.15) is 0 Å². The minimum Gasteiger partial charge on any atom is -0.507 e. The summed E-state index contributed by atoms with van der Waals surface area (Å²) in [5.74, 6) is -2.49. The van der Waals surface area contributed by atoms with Crippen molar-refractivity contribution in [3.63, 3.8) is 0 Å². The fraction of sp³-hybridized carbons (Fsp3) is 0.125. The first-order chi connectivity index (χ1) is 14.8. The highest BCUT2D eigenvalue weighted by Gasteiger charge is 2.47. The van der Waals surface area contributed by atoms with Gasteiger partial charge in [-0.3, -0.25) is 19.5 Å². The first-order valence-corrected chi connectivity index (χ1v) is 9.92. The molecule has 1 unspecified atom stereocenters. The molecule has 156 valence electrons. The molecule has 0 saturated carbocycles. The third kappa shape index (κ3) is 3.59. The average molecular weight is 437 g/mol. The zero-order valence-electron chi connectivity index (χ0n) is 16.8. The van der Waals surface area contributed by atoms with E-state index in [1.807, 2.05) is 6.92 Å². The van der Waals surface area contributed by atoms with Gasteiger partial charge in [0.1, 0.15) is 17.6 Å². The molecule has 5 nitrogen and oxygen atoms in total. The van der Waals surface area contributed by atoms with Crippen molar-refractivity contribution < 1.29 is 19.1 Å². The quantitative estimate of drug-likeness (QED) is 0.351. The number of carbonyl (C=O) groups is 2. The van der Waals surface area contributed by atoms with E-state index < -0.39 is 29.3 Å². The van der Waals surface area contributed by atoms with Crippen LogP contribution in [0.4, 0.5) is 10.1 Å². The van der Waals surface area contributed by atoms with E-state index in [1.165, 1.54) is 23.1 Å². The maximum absolute atomic E-state index is 13.7. The molecule has 1 N–H and O–H groups in total. The number of benzene rings is 2. The molecule has 1 fully saturated rings. The summed E-state index contributed by atoms with van der Waals surface area (Å²) < 4.78 is 13.7. The molecule has 0 radical (unpaired) electrons. The molecule has 0 aliphatic carbocycles. The molecule has 1 amide bonds. The fourth-order valence-corrected chi connectivity index (χ4v) is 3.77. The predicted octanol–water partition coefficient (Wildman–Crippen LogP) is 5.12. The standard InChI is InChI=1S/C24H18ClFN2O3/c1-13-6-8-16(12-17(13)25)28-21(19-5-3-4-10-27-19)20(23(30)24(28)31)22(29)15-7-9-18(26)14(2)11-15/h3-12,21,29H,1-2H3/b22-20+. The van der Waals surface area contributed by atoms with Gasteiger partial charge in [0, 0.05) is 22.5 Å². The smallest absolute Gasteiger partial charge is 0.300 e. The molecule has 7 heteroatoms. The Balaban J connectivity index is 1.95. The number of hydrogen-bond acceptors (Lipinski definition) is 4. The van der Waals surface area contributed by atoms with Crippen molar-refractivity contribution >= 4 is 34.7 Å². The maximum atomic E-state index is 13.7. The Morgan fingerprint density at radius 1 is 1.06 bits per heavy atom. The lowest BCUT2D eigenvalue weighted by Gasteiger charge is -2.25. The van der Waals surface area contributed by atoms with Crippen LogP contribution in [0, 0.1) is 19.7 Å². The van der Waals surface area contributed by atoms with Crippen molar-refractivity contribution in [3.8, 4) is 0 Å².